The number of rotatable bonds is 3. The molecule has 0 radical (unpaired) electrons. The largest absolute Gasteiger partial charge is 0.387 e. The van der Waals surface area contributed by atoms with E-state index < -0.39 is 6.10 Å². The molecule has 21 heavy (non-hydrogen) atoms. The van der Waals surface area contributed by atoms with Crippen LogP contribution in [0.4, 0.5) is 0 Å². The van der Waals surface area contributed by atoms with Crippen molar-refractivity contribution in [3.8, 4) is 0 Å². The van der Waals surface area contributed by atoms with E-state index in [0.29, 0.717) is 6.54 Å². The average Bonchev–Trinajstić information content (AvgIpc) is 2.53. The van der Waals surface area contributed by atoms with Crippen LogP contribution in [0, 0.1) is 6.92 Å². The van der Waals surface area contributed by atoms with Crippen LogP contribution in [0.5, 0.6) is 0 Å². The lowest BCUT2D eigenvalue weighted by Gasteiger charge is -2.42. The number of hydrogen-bond acceptors (Lipinski definition) is 2. The number of aryl methyl sites for hydroxylation is 2. The summed E-state index contributed by atoms with van der Waals surface area (Å²) >= 11 is 0. The van der Waals surface area contributed by atoms with Gasteiger partial charge in [0.1, 0.15) is 0 Å². The van der Waals surface area contributed by atoms with Crippen molar-refractivity contribution in [2.24, 2.45) is 5.73 Å². The van der Waals surface area contributed by atoms with Gasteiger partial charge >= 0.3 is 0 Å². The van der Waals surface area contributed by atoms with Crippen LogP contribution in [0.1, 0.15) is 41.2 Å². The zero-order chi connectivity index (χ0) is 14.9. The third kappa shape index (κ3) is 2.39. The predicted molar refractivity (Wildman–Crippen MR) is 86.3 cm³/mol. The van der Waals surface area contributed by atoms with E-state index >= 15 is 0 Å². The van der Waals surface area contributed by atoms with E-state index in [2.05, 4.69) is 43.3 Å². The maximum atomic E-state index is 11.1. The van der Waals surface area contributed by atoms with Gasteiger partial charge in [-0.15, -0.1) is 0 Å². The van der Waals surface area contributed by atoms with Crippen LogP contribution < -0.4 is 5.73 Å². The van der Waals surface area contributed by atoms with Gasteiger partial charge in [-0.2, -0.15) is 0 Å². The van der Waals surface area contributed by atoms with Crippen molar-refractivity contribution in [2.45, 2.75) is 37.7 Å². The number of aliphatic hydroxyl groups is 1. The number of nitrogens with two attached hydrogens (primary N) is 1. The molecule has 0 aliphatic heterocycles. The van der Waals surface area contributed by atoms with E-state index in [1.165, 1.54) is 16.7 Å². The number of fused-ring (bicyclic) bond motifs is 1. The van der Waals surface area contributed by atoms with Gasteiger partial charge in [-0.1, -0.05) is 54.1 Å². The van der Waals surface area contributed by atoms with Crippen LogP contribution in [0.25, 0.3) is 0 Å². The second-order valence-corrected chi connectivity index (χ2v) is 6.19. The van der Waals surface area contributed by atoms with Gasteiger partial charge in [0.25, 0.3) is 0 Å². The van der Waals surface area contributed by atoms with Crippen LogP contribution in [0.2, 0.25) is 0 Å². The smallest absolute Gasteiger partial charge is 0.0898 e. The number of benzene rings is 2. The zero-order valence-electron chi connectivity index (χ0n) is 12.5. The van der Waals surface area contributed by atoms with Gasteiger partial charge < -0.3 is 10.8 Å². The fourth-order valence-corrected chi connectivity index (χ4v) is 3.72. The van der Waals surface area contributed by atoms with Gasteiger partial charge in [0, 0.05) is 12.0 Å². The highest BCUT2D eigenvalue weighted by Gasteiger charge is 2.42. The maximum Gasteiger partial charge on any atom is 0.0898 e. The Labute approximate surface area is 126 Å². The van der Waals surface area contributed by atoms with Gasteiger partial charge in [-0.3, -0.25) is 0 Å². The summed E-state index contributed by atoms with van der Waals surface area (Å²) in [5.74, 6) is 0. The molecule has 2 aromatic rings. The summed E-state index contributed by atoms with van der Waals surface area (Å²) in [5, 5.41) is 11.1. The van der Waals surface area contributed by atoms with E-state index in [0.717, 1.165) is 24.8 Å². The molecule has 0 bridgehead atoms. The fraction of sp³-hybridized carbons (Fsp3) is 0.368. The molecule has 1 aliphatic carbocycles. The first-order valence-corrected chi connectivity index (χ1v) is 7.70. The molecule has 2 nitrogen and oxygen atoms in total. The molecule has 3 N–H and O–H groups in total. The van der Waals surface area contributed by atoms with Gasteiger partial charge in [0.15, 0.2) is 0 Å². The van der Waals surface area contributed by atoms with Crippen LogP contribution >= 0.6 is 0 Å². The lowest BCUT2D eigenvalue weighted by molar-refractivity contribution is 0.0717. The molecule has 2 aromatic carbocycles. The Bertz CT molecular complexity index is 637. The number of hydrogen-bond donors (Lipinski definition) is 2. The highest BCUT2D eigenvalue weighted by Crippen LogP contribution is 2.45. The molecule has 0 heterocycles. The lowest BCUT2D eigenvalue weighted by atomic mass is 9.65. The fourth-order valence-electron chi connectivity index (χ4n) is 3.72. The topological polar surface area (TPSA) is 46.2 Å². The van der Waals surface area contributed by atoms with Crippen LogP contribution in [0.3, 0.4) is 0 Å². The Morgan fingerprint density at radius 3 is 2.76 bits per heavy atom. The van der Waals surface area contributed by atoms with Gasteiger partial charge in [0.2, 0.25) is 0 Å². The molecule has 2 heteroatoms. The predicted octanol–water partition coefficient (Wildman–Crippen LogP) is 3.26. The van der Waals surface area contributed by atoms with Crippen LogP contribution in [-0.4, -0.2) is 11.7 Å². The van der Waals surface area contributed by atoms with Gasteiger partial charge in [0.05, 0.1) is 6.10 Å². The molecule has 1 aliphatic rings. The normalized spacial score (nSPS) is 22.6. The number of aliphatic hydroxyl groups excluding tert-OH is 1. The van der Waals surface area contributed by atoms with Crippen molar-refractivity contribution in [1.29, 1.82) is 0 Å². The van der Waals surface area contributed by atoms with Crippen molar-refractivity contribution >= 4 is 0 Å². The highest BCUT2D eigenvalue weighted by molar-refractivity contribution is 5.41. The summed E-state index contributed by atoms with van der Waals surface area (Å²) in [4.78, 5) is 0. The van der Waals surface area contributed by atoms with E-state index in [4.69, 9.17) is 5.73 Å². The molecule has 110 valence electrons. The van der Waals surface area contributed by atoms with Crippen molar-refractivity contribution in [3.63, 3.8) is 0 Å². The second kappa shape index (κ2) is 5.63. The minimum Gasteiger partial charge on any atom is -0.387 e. The van der Waals surface area contributed by atoms with E-state index in [9.17, 15) is 5.11 Å². The van der Waals surface area contributed by atoms with Crippen molar-refractivity contribution in [2.75, 3.05) is 6.54 Å². The molecule has 2 unspecified atom stereocenters. The van der Waals surface area contributed by atoms with Crippen LogP contribution in [0.15, 0.2) is 48.5 Å². The Kier molecular flexibility index (Phi) is 3.83. The summed E-state index contributed by atoms with van der Waals surface area (Å²) in [5.41, 5.74) is 10.5. The molecule has 0 aromatic heterocycles. The maximum absolute atomic E-state index is 11.1. The Hall–Kier alpha value is -1.64. The average molecular weight is 281 g/mol. The lowest BCUT2D eigenvalue weighted by Crippen LogP contribution is -2.43. The third-order valence-corrected chi connectivity index (χ3v) is 4.87. The SMILES string of the molecule is Cc1cccc(C(O)C2(CN)CCCc3ccccc32)c1. The van der Waals surface area contributed by atoms with E-state index in [-0.39, 0.29) is 5.41 Å². The third-order valence-electron chi connectivity index (χ3n) is 4.87. The molecule has 0 fully saturated rings. The Balaban J connectivity index is 2.09. The minimum atomic E-state index is -0.552. The van der Waals surface area contributed by atoms with Crippen LogP contribution in [-0.2, 0) is 11.8 Å². The Morgan fingerprint density at radius 1 is 1.19 bits per heavy atom. The quantitative estimate of drug-likeness (QED) is 0.907. The molecule has 0 saturated carbocycles. The first-order valence-electron chi connectivity index (χ1n) is 7.70. The molecular weight excluding hydrogens is 258 g/mol. The van der Waals surface area contributed by atoms with Crippen molar-refractivity contribution in [3.05, 3.63) is 70.8 Å². The Morgan fingerprint density at radius 2 is 2.00 bits per heavy atom. The van der Waals surface area contributed by atoms with E-state index in [1.54, 1.807) is 0 Å². The molecular formula is C19H23NO. The van der Waals surface area contributed by atoms with Crippen molar-refractivity contribution in [1.82, 2.24) is 0 Å². The first-order chi connectivity index (χ1) is 10.2. The summed E-state index contributed by atoms with van der Waals surface area (Å²) in [6.07, 6.45) is 2.55. The summed E-state index contributed by atoms with van der Waals surface area (Å²) in [7, 11) is 0. The first kappa shape index (κ1) is 14.3. The van der Waals surface area contributed by atoms with Gasteiger partial charge in [-0.25, -0.2) is 0 Å². The molecule has 0 saturated heterocycles. The summed E-state index contributed by atoms with van der Waals surface area (Å²) in [6, 6.07) is 16.6. The van der Waals surface area contributed by atoms with E-state index in [1.807, 2.05) is 12.1 Å². The highest BCUT2D eigenvalue weighted by atomic mass is 16.3. The molecule has 2 atom stereocenters. The zero-order valence-corrected chi connectivity index (χ0v) is 12.5. The minimum absolute atomic E-state index is 0.358. The monoisotopic (exact) mass is 281 g/mol. The molecule has 3 rings (SSSR count). The van der Waals surface area contributed by atoms with Crippen molar-refractivity contribution < 1.29 is 5.11 Å². The summed E-state index contributed by atoms with van der Waals surface area (Å²) in [6.45, 7) is 2.53. The second-order valence-electron chi connectivity index (χ2n) is 6.19. The van der Waals surface area contributed by atoms with Gasteiger partial charge in [-0.05, 0) is 42.9 Å². The standard InChI is InChI=1S/C19H23NO/c1-14-6-4-8-16(12-14)18(21)19(13-20)11-5-9-15-7-2-3-10-17(15)19/h2-4,6-8,10,12,18,21H,5,9,11,13,20H2,1H3. The molecule has 0 spiro atoms. The summed E-state index contributed by atoms with van der Waals surface area (Å²) < 4.78 is 0. The molecule has 0 amide bonds.